The Morgan fingerprint density at radius 2 is 2.24 bits per heavy atom. The van der Waals surface area contributed by atoms with E-state index in [1.807, 2.05) is 7.05 Å². The average Bonchev–Trinajstić information content (AvgIpc) is 2.28. The highest BCUT2D eigenvalue weighted by Gasteiger charge is 2.11. The Bertz CT molecular complexity index is 390. The zero-order valence-corrected chi connectivity index (χ0v) is 10.7. The minimum atomic E-state index is 0.242. The molecule has 0 spiro atoms. The van der Waals surface area contributed by atoms with Crippen molar-refractivity contribution in [2.45, 2.75) is 32.9 Å². The van der Waals surface area contributed by atoms with Crippen LogP contribution in [0.1, 0.15) is 24.5 Å². The first-order valence-corrected chi connectivity index (χ1v) is 5.75. The quantitative estimate of drug-likeness (QED) is 0.355. The molecule has 0 fully saturated rings. The van der Waals surface area contributed by atoms with E-state index in [0.29, 0.717) is 6.42 Å². The fourth-order valence-electron chi connectivity index (χ4n) is 1.75. The van der Waals surface area contributed by atoms with E-state index in [4.69, 9.17) is 10.9 Å². The molecule has 1 atom stereocenters. The Morgan fingerprint density at radius 1 is 1.53 bits per heavy atom. The molecule has 0 heterocycles. The SMILES string of the molecule is Cc1cccc(CN(C)C(C)CC(N)=NO)c1. The van der Waals surface area contributed by atoms with E-state index in [2.05, 4.69) is 48.2 Å². The van der Waals surface area contributed by atoms with Crippen LogP contribution in [0, 0.1) is 6.92 Å². The fraction of sp³-hybridized carbons (Fsp3) is 0.462. The van der Waals surface area contributed by atoms with Crippen molar-refractivity contribution in [3.8, 4) is 0 Å². The normalized spacial score (nSPS) is 14.0. The van der Waals surface area contributed by atoms with Gasteiger partial charge in [0.1, 0.15) is 5.84 Å². The molecule has 0 radical (unpaired) electrons. The number of oxime groups is 1. The predicted octanol–water partition coefficient (Wildman–Crippen LogP) is 1.95. The van der Waals surface area contributed by atoms with Crippen LogP contribution in [0.3, 0.4) is 0 Å². The lowest BCUT2D eigenvalue weighted by Crippen LogP contribution is -2.32. The lowest BCUT2D eigenvalue weighted by Gasteiger charge is -2.24. The number of nitrogens with two attached hydrogens (primary N) is 1. The van der Waals surface area contributed by atoms with Gasteiger partial charge in [0.15, 0.2) is 0 Å². The zero-order valence-electron chi connectivity index (χ0n) is 10.7. The van der Waals surface area contributed by atoms with Crippen LogP contribution < -0.4 is 5.73 Å². The van der Waals surface area contributed by atoms with E-state index in [0.717, 1.165) is 6.54 Å². The van der Waals surface area contributed by atoms with Crippen molar-refractivity contribution in [2.24, 2.45) is 10.9 Å². The van der Waals surface area contributed by atoms with Crippen LogP contribution in [0.25, 0.3) is 0 Å². The molecule has 0 aliphatic heterocycles. The molecular formula is C13H21N3O. The summed E-state index contributed by atoms with van der Waals surface area (Å²) in [5.74, 6) is 0.272. The Morgan fingerprint density at radius 3 is 2.82 bits per heavy atom. The van der Waals surface area contributed by atoms with Gasteiger partial charge in [0, 0.05) is 19.0 Å². The molecular weight excluding hydrogens is 214 g/mol. The summed E-state index contributed by atoms with van der Waals surface area (Å²) in [6, 6.07) is 8.68. The topological polar surface area (TPSA) is 61.8 Å². The maximum Gasteiger partial charge on any atom is 0.140 e. The van der Waals surface area contributed by atoms with Crippen LogP contribution >= 0.6 is 0 Å². The molecule has 0 aromatic heterocycles. The molecule has 0 aliphatic carbocycles. The first kappa shape index (κ1) is 13.5. The van der Waals surface area contributed by atoms with Crippen molar-refractivity contribution in [1.29, 1.82) is 0 Å². The van der Waals surface area contributed by atoms with E-state index < -0.39 is 0 Å². The largest absolute Gasteiger partial charge is 0.409 e. The Labute approximate surface area is 103 Å². The van der Waals surface area contributed by atoms with Gasteiger partial charge in [-0.3, -0.25) is 4.90 Å². The van der Waals surface area contributed by atoms with Gasteiger partial charge in [0.05, 0.1) is 0 Å². The van der Waals surface area contributed by atoms with E-state index >= 15 is 0 Å². The molecule has 4 heteroatoms. The number of benzene rings is 1. The van der Waals surface area contributed by atoms with Crippen LogP contribution in [-0.4, -0.2) is 29.0 Å². The zero-order chi connectivity index (χ0) is 12.8. The van der Waals surface area contributed by atoms with Gasteiger partial charge in [-0.15, -0.1) is 0 Å². The second kappa shape index (κ2) is 6.25. The number of nitrogens with zero attached hydrogens (tertiary/aromatic N) is 2. The molecule has 3 N–H and O–H groups in total. The molecule has 1 rings (SSSR count). The fourth-order valence-corrected chi connectivity index (χ4v) is 1.75. The molecule has 1 aromatic rings. The highest BCUT2D eigenvalue weighted by molar-refractivity contribution is 5.80. The van der Waals surface area contributed by atoms with Gasteiger partial charge in [0.25, 0.3) is 0 Å². The van der Waals surface area contributed by atoms with Crippen molar-refractivity contribution in [2.75, 3.05) is 7.05 Å². The summed E-state index contributed by atoms with van der Waals surface area (Å²) < 4.78 is 0. The van der Waals surface area contributed by atoms with Crippen molar-refractivity contribution < 1.29 is 5.21 Å². The van der Waals surface area contributed by atoms with Gasteiger partial charge >= 0.3 is 0 Å². The third-order valence-electron chi connectivity index (χ3n) is 2.90. The van der Waals surface area contributed by atoms with Gasteiger partial charge in [-0.05, 0) is 26.5 Å². The summed E-state index contributed by atoms with van der Waals surface area (Å²) in [7, 11) is 2.04. The second-order valence-electron chi connectivity index (χ2n) is 4.55. The molecule has 4 nitrogen and oxygen atoms in total. The van der Waals surface area contributed by atoms with Gasteiger partial charge in [-0.1, -0.05) is 35.0 Å². The summed E-state index contributed by atoms with van der Waals surface area (Å²) in [5.41, 5.74) is 8.04. The van der Waals surface area contributed by atoms with Crippen molar-refractivity contribution in [1.82, 2.24) is 4.90 Å². The predicted molar refractivity (Wildman–Crippen MR) is 70.1 cm³/mol. The Balaban J connectivity index is 2.56. The van der Waals surface area contributed by atoms with E-state index in [9.17, 15) is 0 Å². The molecule has 0 saturated heterocycles. The Kier molecular flexibility index (Phi) is 4.97. The van der Waals surface area contributed by atoms with Gasteiger partial charge in [-0.2, -0.15) is 0 Å². The lowest BCUT2D eigenvalue weighted by molar-refractivity contribution is 0.251. The number of amidine groups is 1. The van der Waals surface area contributed by atoms with Crippen molar-refractivity contribution in [3.05, 3.63) is 35.4 Å². The van der Waals surface area contributed by atoms with Gasteiger partial charge in [0.2, 0.25) is 0 Å². The van der Waals surface area contributed by atoms with Crippen LogP contribution in [0.5, 0.6) is 0 Å². The molecule has 17 heavy (non-hydrogen) atoms. The monoisotopic (exact) mass is 235 g/mol. The number of aryl methyl sites for hydroxylation is 1. The highest BCUT2D eigenvalue weighted by atomic mass is 16.4. The van der Waals surface area contributed by atoms with Crippen LogP contribution in [-0.2, 0) is 6.54 Å². The van der Waals surface area contributed by atoms with Gasteiger partial charge in [-0.25, -0.2) is 0 Å². The third kappa shape index (κ3) is 4.44. The standard InChI is InChI=1S/C13H21N3O/c1-10-5-4-6-12(7-10)9-16(3)11(2)8-13(14)15-17/h4-7,11,17H,8-9H2,1-3H3,(H2,14,15). The minimum Gasteiger partial charge on any atom is -0.409 e. The maximum atomic E-state index is 8.54. The summed E-state index contributed by atoms with van der Waals surface area (Å²) in [6.45, 7) is 5.01. The minimum absolute atomic E-state index is 0.242. The van der Waals surface area contributed by atoms with Crippen molar-refractivity contribution >= 4 is 5.84 Å². The van der Waals surface area contributed by atoms with Crippen LogP contribution in [0.4, 0.5) is 0 Å². The van der Waals surface area contributed by atoms with Crippen LogP contribution in [0.15, 0.2) is 29.4 Å². The van der Waals surface area contributed by atoms with E-state index in [-0.39, 0.29) is 11.9 Å². The number of hydrogen-bond donors (Lipinski definition) is 2. The lowest BCUT2D eigenvalue weighted by atomic mass is 10.1. The number of hydrogen-bond acceptors (Lipinski definition) is 3. The highest BCUT2D eigenvalue weighted by Crippen LogP contribution is 2.10. The summed E-state index contributed by atoms with van der Waals surface area (Å²) in [4.78, 5) is 2.19. The molecule has 0 aliphatic rings. The average molecular weight is 235 g/mol. The van der Waals surface area contributed by atoms with Crippen molar-refractivity contribution in [3.63, 3.8) is 0 Å². The maximum absolute atomic E-state index is 8.54. The second-order valence-corrected chi connectivity index (χ2v) is 4.55. The molecule has 1 unspecified atom stereocenters. The third-order valence-corrected chi connectivity index (χ3v) is 2.90. The summed E-state index contributed by atoms with van der Waals surface area (Å²) >= 11 is 0. The summed E-state index contributed by atoms with van der Waals surface area (Å²) in [5, 5.41) is 11.5. The van der Waals surface area contributed by atoms with Gasteiger partial charge < -0.3 is 10.9 Å². The number of rotatable bonds is 5. The van der Waals surface area contributed by atoms with E-state index in [1.165, 1.54) is 11.1 Å². The summed E-state index contributed by atoms with van der Waals surface area (Å²) in [6.07, 6.45) is 0.568. The molecule has 0 amide bonds. The Hall–Kier alpha value is -1.55. The molecule has 94 valence electrons. The molecule has 1 aromatic carbocycles. The van der Waals surface area contributed by atoms with E-state index in [1.54, 1.807) is 0 Å². The molecule has 0 bridgehead atoms. The molecule has 0 saturated carbocycles. The first-order chi connectivity index (χ1) is 8.02. The smallest absolute Gasteiger partial charge is 0.140 e. The first-order valence-electron chi connectivity index (χ1n) is 5.75. The van der Waals surface area contributed by atoms with Crippen LogP contribution in [0.2, 0.25) is 0 Å².